The van der Waals surface area contributed by atoms with Gasteiger partial charge >= 0.3 is 0 Å². The summed E-state index contributed by atoms with van der Waals surface area (Å²) in [4.78, 5) is 2.96. The largest absolute Gasteiger partial charge is 0.341 e. The first-order chi connectivity index (χ1) is 4.77. The molecule has 0 heterocycles. The lowest BCUT2D eigenvalue weighted by atomic mass is 10.1. The Morgan fingerprint density at radius 1 is 1.20 bits per heavy atom. The number of hydrogen-bond acceptors (Lipinski definition) is 1. The molecule has 10 heavy (non-hydrogen) atoms. The van der Waals surface area contributed by atoms with Crippen LogP contribution in [-0.4, -0.2) is 16.9 Å². The Morgan fingerprint density at radius 3 is 2.40 bits per heavy atom. The van der Waals surface area contributed by atoms with E-state index in [1.54, 1.807) is 0 Å². The number of unbranched alkanes of at least 4 members (excludes halogenated alkanes) is 2. The minimum absolute atomic E-state index is 0.872. The van der Waals surface area contributed by atoms with Crippen molar-refractivity contribution in [1.29, 1.82) is 0 Å². The van der Waals surface area contributed by atoms with Gasteiger partial charge in [0.2, 0.25) is 0 Å². The SMILES string of the molecule is CC(C)CCCCCN[Si]. The van der Waals surface area contributed by atoms with Gasteiger partial charge in [-0.2, -0.15) is 0 Å². The molecule has 1 N–H and O–H groups in total. The molecule has 0 aliphatic rings. The van der Waals surface area contributed by atoms with Crippen LogP contribution >= 0.6 is 0 Å². The van der Waals surface area contributed by atoms with Gasteiger partial charge < -0.3 is 4.98 Å². The molecule has 0 saturated heterocycles. The molecule has 0 atom stereocenters. The van der Waals surface area contributed by atoms with E-state index in [1.165, 1.54) is 25.7 Å². The van der Waals surface area contributed by atoms with Gasteiger partial charge in [0.05, 0.1) is 0 Å². The molecular formula is C8H18NSi. The third-order valence-corrected chi connectivity index (χ3v) is 1.83. The van der Waals surface area contributed by atoms with Crippen LogP contribution in [0.25, 0.3) is 0 Å². The molecular weight excluding hydrogens is 138 g/mol. The lowest BCUT2D eigenvalue weighted by Gasteiger charge is -2.03. The Labute approximate surface area is 68.1 Å². The van der Waals surface area contributed by atoms with Crippen LogP contribution in [0.15, 0.2) is 0 Å². The molecule has 0 spiro atoms. The molecule has 0 aliphatic carbocycles. The van der Waals surface area contributed by atoms with Crippen molar-refractivity contribution in [1.82, 2.24) is 4.98 Å². The molecule has 1 nitrogen and oxygen atoms in total. The molecule has 2 heteroatoms. The van der Waals surface area contributed by atoms with Gasteiger partial charge in [0.1, 0.15) is 10.4 Å². The van der Waals surface area contributed by atoms with Gasteiger partial charge in [-0.15, -0.1) is 0 Å². The summed E-state index contributed by atoms with van der Waals surface area (Å²) in [6.45, 7) is 5.65. The molecule has 0 aromatic heterocycles. The topological polar surface area (TPSA) is 12.0 Å². The van der Waals surface area contributed by atoms with E-state index in [1.807, 2.05) is 0 Å². The van der Waals surface area contributed by atoms with E-state index in [2.05, 4.69) is 29.2 Å². The normalized spacial score (nSPS) is 10.8. The summed E-state index contributed by atoms with van der Waals surface area (Å²) in [5.41, 5.74) is 0. The third-order valence-electron chi connectivity index (χ3n) is 1.58. The van der Waals surface area contributed by atoms with Gasteiger partial charge in [-0.25, -0.2) is 0 Å². The van der Waals surface area contributed by atoms with Crippen molar-refractivity contribution < 1.29 is 0 Å². The second kappa shape index (κ2) is 7.29. The van der Waals surface area contributed by atoms with Gasteiger partial charge in [-0.1, -0.05) is 33.1 Å². The molecule has 0 aromatic rings. The molecule has 0 amide bonds. The molecule has 59 valence electrons. The van der Waals surface area contributed by atoms with Crippen LogP contribution in [-0.2, 0) is 0 Å². The minimum Gasteiger partial charge on any atom is -0.341 e. The summed E-state index contributed by atoms with van der Waals surface area (Å²) in [7, 11) is 3.22. The van der Waals surface area contributed by atoms with Crippen molar-refractivity contribution in [2.45, 2.75) is 39.5 Å². The Bertz CT molecular complexity index is 64.3. The summed E-state index contributed by atoms with van der Waals surface area (Å²) in [5, 5.41) is 0. The molecule has 0 aliphatic heterocycles. The predicted molar refractivity (Wildman–Crippen MR) is 47.1 cm³/mol. The van der Waals surface area contributed by atoms with Crippen LogP contribution < -0.4 is 4.98 Å². The van der Waals surface area contributed by atoms with Crippen LogP contribution in [0, 0.1) is 5.92 Å². The molecule has 0 bridgehead atoms. The maximum Gasteiger partial charge on any atom is 0.140 e. The van der Waals surface area contributed by atoms with E-state index in [4.69, 9.17) is 0 Å². The molecule has 0 fully saturated rings. The van der Waals surface area contributed by atoms with Crippen molar-refractivity contribution in [3.63, 3.8) is 0 Å². The quantitative estimate of drug-likeness (QED) is 0.457. The highest BCUT2D eigenvalue weighted by molar-refractivity contribution is 6.04. The number of rotatable bonds is 6. The van der Waals surface area contributed by atoms with Crippen molar-refractivity contribution in [3.05, 3.63) is 0 Å². The highest BCUT2D eigenvalue weighted by Crippen LogP contribution is 2.06. The summed E-state index contributed by atoms with van der Waals surface area (Å²) in [6.07, 6.45) is 5.40. The zero-order valence-electron chi connectivity index (χ0n) is 7.11. The Hall–Kier alpha value is 0.177. The minimum atomic E-state index is 0.872. The molecule has 0 saturated carbocycles. The number of nitrogens with one attached hydrogen (secondary N) is 1. The van der Waals surface area contributed by atoms with E-state index < -0.39 is 0 Å². The van der Waals surface area contributed by atoms with Crippen LogP contribution in [0.5, 0.6) is 0 Å². The second-order valence-corrected chi connectivity index (χ2v) is 3.52. The maximum atomic E-state index is 3.22. The van der Waals surface area contributed by atoms with Crippen molar-refractivity contribution in [2.75, 3.05) is 6.54 Å². The highest BCUT2D eigenvalue weighted by Gasteiger charge is 1.92. The van der Waals surface area contributed by atoms with Crippen LogP contribution in [0.1, 0.15) is 39.5 Å². The van der Waals surface area contributed by atoms with Gasteiger partial charge in [0, 0.05) is 0 Å². The monoisotopic (exact) mass is 156 g/mol. The van der Waals surface area contributed by atoms with Gasteiger partial charge in [0.25, 0.3) is 0 Å². The van der Waals surface area contributed by atoms with E-state index in [0.29, 0.717) is 0 Å². The van der Waals surface area contributed by atoms with Gasteiger partial charge in [0.15, 0.2) is 0 Å². The Morgan fingerprint density at radius 2 is 1.90 bits per heavy atom. The fraction of sp³-hybridized carbons (Fsp3) is 1.00. The van der Waals surface area contributed by atoms with Crippen LogP contribution in [0.4, 0.5) is 0 Å². The number of hydrogen-bond donors (Lipinski definition) is 1. The van der Waals surface area contributed by atoms with E-state index in [0.717, 1.165) is 12.5 Å². The standard InChI is InChI=1S/C8H18NSi/c1-8(2)6-4-3-5-7-9-10/h8-9H,3-7H2,1-2H3. The maximum absolute atomic E-state index is 3.22. The average Bonchev–Trinajstić information content (AvgIpc) is 1.87. The van der Waals surface area contributed by atoms with E-state index in [9.17, 15) is 0 Å². The lowest BCUT2D eigenvalue weighted by molar-refractivity contribution is 0.527. The predicted octanol–water partition coefficient (Wildman–Crippen LogP) is 1.88. The van der Waals surface area contributed by atoms with Crippen molar-refractivity contribution >= 4 is 10.4 Å². The van der Waals surface area contributed by atoms with Gasteiger partial charge in [-0.3, -0.25) is 0 Å². The first-order valence-corrected chi connectivity index (χ1v) is 4.67. The highest BCUT2D eigenvalue weighted by atomic mass is 28.2. The second-order valence-electron chi connectivity index (χ2n) is 3.17. The molecule has 0 aromatic carbocycles. The summed E-state index contributed by atoms with van der Waals surface area (Å²) < 4.78 is 0. The molecule has 3 radical (unpaired) electrons. The van der Waals surface area contributed by atoms with E-state index >= 15 is 0 Å². The molecule has 0 unspecified atom stereocenters. The smallest absolute Gasteiger partial charge is 0.140 e. The first kappa shape index (κ1) is 10.2. The van der Waals surface area contributed by atoms with Crippen LogP contribution in [0.3, 0.4) is 0 Å². The van der Waals surface area contributed by atoms with Crippen LogP contribution in [0.2, 0.25) is 0 Å². The van der Waals surface area contributed by atoms with Crippen molar-refractivity contribution in [3.8, 4) is 0 Å². The summed E-state index contributed by atoms with van der Waals surface area (Å²) >= 11 is 0. The molecule has 0 rings (SSSR count). The third kappa shape index (κ3) is 8.18. The lowest BCUT2D eigenvalue weighted by Crippen LogP contribution is -2.09. The Balaban J connectivity index is 2.77. The Kier molecular flexibility index (Phi) is 7.41. The zero-order valence-corrected chi connectivity index (χ0v) is 8.11. The summed E-state index contributed by atoms with van der Waals surface area (Å²) in [5.74, 6) is 0.872. The van der Waals surface area contributed by atoms with Gasteiger partial charge in [-0.05, 0) is 18.9 Å². The fourth-order valence-electron chi connectivity index (χ4n) is 0.943. The average molecular weight is 156 g/mol. The van der Waals surface area contributed by atoms with Crippen molar-refractivity contribution in [2.24, 2.45) is 5.92 Å². The summed E-state index contributed by atoms with van der Waals surface area (Å²) in [6, 6.07) is 0. The first-order valence-electron chi connectivity index (χ1n) is 4.17. The zero-order chi connectivity index (χ0) is 7.82. The fourth-order valence-corrected chi connectivity index (χ4v) is 1.12. The van der Waals surface area contributed by atoms with E-state index in [-0.39, 0.29) is 0 Å².